The van der Waals surface area contributed by atoms with Gasteiger partial charge in [0, 0.05) is 24.4 Å². The highest BCUT2D eigenvalue weighted by atomic mass is 19.3. The van der Waals surface area contributed by atoms with Crippen molar-refractivity contribution in [2.45, 2.75) is 19.8 Å². The molecule has 0 spiro atoms. The molecule has 0 atom stereocenters. The largest absolute Gasteiger partial charge is 0.586 e. The summed E-state index contributed by atoms with van der Waals surface area (Å²) in [5.41, 5.74) is 2.24. The van der Waals surface area contributed by atoms with Crippen LogP contribution in [0.3, 0.4) is 0 Å². The fourth-order valence-corrected chi connectivity index (χ4v) is 3.79. The summed E-state index contributed by atoms with van der Waals surface area (Å²) >= 11 is 0. The molecule has 0 saturated carbocycles. The number of carbonyl (C=O) groups is 1. The van der Waals surface area contributed by atoms with E-state index in [-0.39, 0.29) is 22.7 Å². The molecule has 10 nitrogen and oxygen atoms in total. The van der Waals surface area contributed by atoms with Crippen molar-refractivity contribution in [2.75, 3.05) is 11.9 Å². The molecule has 0 bridgehead atoms. The van der Waals surface area contributed by atoms with Crippen molar-refractivity contribution in [3.63, 3.8) is 0 Å². The number of rotatable bonds is 4. The Morgan fingerprint density at radius 1 is 1.23 bits per heavy atom. The summed E-state index contributed by atoms with van der Waals surface area (Å²) in [7, 11) is 1.43. The normalized spacial score (nSPS) is 13.6. The zero-order valence-electron chi connectivity index (χ0n) is 18.4. The van der Waals surface area contributed by atoms with Crippen LogP contribution in [-0.2, 0) is 11.3 Å². The van der Waals surface area contributed by atoms with Gasteiger partial charge in [-0.15, -0.1) is 8.78 Å². The van der Waals surface area contributed by atoms with Crippen LogP contribution in [0.4, 0.5) is 14.5 Å². The standard InChI is InChI=1S/C23H16F2N6O4/c1-12-5-13(9-26)7-14(6-12)19-20-21(28-11-27-20)22(33)31(29-19)10-18(32)30(2)15-3-4-16-17(8-15)35-23(24,25)34-16/h3-8,11H,10H2,1-2H3,(H,27,28). The third kappa shape index (κ3) is 3.93. The number of alkyl halides is 2. The van der Waals surface area contributed by atoms with Crippen LogP contribution in [0.1, 0.15) is 11.1 Å². The highest BCUT2D eigenvalue weighted by molar-refractivity contribution is 5.93. The van der Waals surface area contributed by atoms with Gasteiger partial charge in [-0.1, -0.05) is 0 Å². The molecule has 0 saturated heterocycles. The van der Waals surface area contributed by atoms with Crippen molar-refractivity contribution in [3.8, 4) is 28.8 Å². The molecule has 0 aliphatic carbocycles. The van der Waals surface area contributed by atoms with Crippen LogP contribution in [0.5, 0.6) is 11.5 Å². The number of imidazole rings is 1. The number of hydrogen-bond acceptors (Lipinski definition) is 7. The van der Waals surface area contributed by atoms with Gasteiger partial charge in [-0.3, -0.25) is 9.59 Å². The van der Waals surface area contributed by atoms with Gasteiger partial charge in [-0.05, 0) is 42.8 Å². The lowest BCUT2D eigenvalue weighted by Crippen LogP contribution is -2.35. The Morgan fingerprint density at radius 3 is 2.77 bits per heavy atom. The number of nitriles is 1. The maximum Gasteiger partial charge on any atom is 0.586 e. The minimum atomic E-state index is -3.78. The zero-order valence-corrected chi connectivity index (χ0v) is 18.4. The van der Waals surface area contributed by atoms with Gasteiger partial charge in [0.05, 0.1) is 18.0 Å². The molecule has 3 heterocycles. The van der Waals surface area contributed by atoms with Crippen LogP contribution in [-0.4, -0.2) is 39.0 Å². The average molecular weight is 478 g/mol. The fraction of sp³-hybridized carbons (Fsp3) is 0.174. The van der Waals surface area contributed by atoms with E-state index in [4.69, 9.17) is 0 Å². The first kappa shape index (κ1) is 22.0. The number of H-pyrrole nitrogens is 1. The molecule has 1 N–H and O–H groups in total. The van der Waals surface area contributed by atoms with E-state index in [0.717, 1.165) is 10.2 Å². The first-order chi connectivity index (χ1) is 16.6. The van der Waals surface area contributed by atoms with Crippen LogP contribution in [0.15, 0.2) is 47.5 Å². The Labute approximate surface area is 195 Å². The smallest absolute Gasteiger partial charge is 0.395 e. The Morgan fingerprint density at radius 2 is 2.00 bits per heavy atom. The molecule has 0 unspecified atom stereocenters. The predicted molar refractivity (Wildman–Crippen MR) is 119 cm³/mol. The van der Waals surface area contributed by atoms with Crippen LogP contribution in [0.2, 0.25) is 0 Å². The number of carbonyl (C=O) groups excluding carboxylic acids is 1. The Bertz CT molecular complexity index is 1600. The van der Waals surface area contributed by atoms with Crippen molar-refractivity contribution in [1.29, 1.82) is 5.26 Å². The molecule has 2 aromatic carbocycles. The lowest BCUT2D eigenvalue weighted by Gasteiger charge is -2.18. The van der Waals surface area contributed by atoms with E-state index < -0.39 is 24.3 Å². The van der Waals surface area contributed by atoms with E-state index in [1.54, 1.807) is 18.2 Å². The lowest BCUT2D eigenvalue weighted by atomic mass is 10.0. The molecule has 1 aliphatic rings. The van der Waals surface area contributed by atoms with Crippen molar-refractivity contribution in [2.24, 2.45) is 0 Å². The van der Waals surface area contributed by atoms with Crippen LogP contribution in [0.25, 0.3) is 22.3 Å². The van der Waals surface area contributed by atoms with E-state index in [9.17, 15) is 23.6 Å². The number of anilines is 1. The number of amides is 1. The van der Waals surface area contributed by atoms with Gasteiger partial charge in [0.25, 0.3) is 5.56 Å². The highest BCUT2D eigenvalue weighted by Crippen LogP contribution is 2.42. The summed E-state index contributed by atoms with van der Waals surface area (Å²) in [4.78, 5) is 34.1. The zero-order chi connectivity index (χ0) is 24.9. The third-order valence-corrected chi connectivity index (χ3v) is 5.44. The number of likely N-dealkylation sites (N-methyl/N-ethyl adjacent to an activating group) is 1. The number of aromatic nitrogens is 4. The van der Waals surface area contributed by atoms with E-state index in [1.807, 2.05) is 6.92 Å². The van der Waals surface area contributed by atoms with Crippen LogP contribution < -0.4 is 19.9 Å². The summed E-state index contributed by atoms with van der Waals surface area (Å²) in [6.07, 6.45) is -2.43. The number of halogens is 2. The maximum absolute atomic E-state index is 13.3. The molecule has 0 fully saturated rings. The molecule has 2 aromatic heterocycles. The summed E-state index contributed by atoms with van der Waals surface area (Å²) in [5, 5.41) is 13.7. The van der Waals surface area contributed by atoms with Gasteiger partial charge in [0.1, 0.15) is 23.3 Å². The SMILES string of the molecule is Cc1cc(C#N)cc(-c2nn(CC(=O)N(C)c3ccc4c(c3)OC(F)(F)O4)c(=O)c3[nH]cnc23)c1. The first-order valence-corrected chi connectivity index (χ1v) is 10.3. The van der Waals surface area contributed by atoms with Crippen molar-refractivity contribution >= 4 is 22.6 Å². The van der Waals surface area contributed by atoms with E-state index in [2.05, 4.69) is 30.6 Å². The Balaban J connectivity index is 1.50. The average Bonchev–Trinajstić information content (AvgIpc) is 3.42. The van der Waals surface area contributed by atoms with Crippen LogP contribution in [0, 0.1) is 18.3 Å². The van der Waals surface area contributed by atoms with Crippen LogP contribution >= 0.6 is 0 Å². The first-order valence-electron chi connectivity index (χ1n) is 10.3. The summed E-state index contributed by atoms with van der Waals surface area (Å²) in [6.45, 7) is 1.38. The molecular weight excluding hydrogens is 462 g/mol. The van der Waals surface area contributed by atoms with E-state index >= 15 is 0 Å². The molecular formula is C23H16F2N6O4. The molecule has 35 heavy (non-hydrogen) atoms. The second kappa shape index (κ2) is 7.91. The van der Waals surface area contributed by atoms with Crippen molar-refractivity contribution in [1.82, 2.24) is 19.7 Å². The van der Waals surface area contributed by atoms with E-state index in [0.29, 0.717) is 22.3 Å². The predicted octanol–water partition coefficient (Wildman–Crippen LogP) is 2.95. The number of nitrogens with one attached hydrogen (secondary N) is 1. The van der Waals surface area contributed by atoms with Crippen molar-refractivity contribution in [3.05, 3.63) is 64.2 Å². The van der Waals surface area contributed by atoms with Gasteiger partial charge >= 0.3 is 6.29 Å². The van der Waals surface area contributed by atoms with Gasteiger partial charge in [-0.2, -0.15) is 10.4 Å². The number of benzene rings is 2. The van der Waals surface area contributed by atoms with Gasteiger partial charge < -0.3 is 19.4 Å². The molecule has 12 heteroatoms. The Hall–Kier alpha value is -4.79. The summed E-state index contributed by atoms with van der Waals surface area (Å²) in [5.74, 6) is -0.907. The fourth-order valence-electron chi connectivity index (χ4n) is 3.79. The van der Waals surface area contributed by atoms with Gasteiger partial charge in [0.2, 0.25) is 5.91 Å². The second-order valence-electron chi connectivity index (χ2n) is 7.89. The molecule has 1 amide bonds. The molecule has 5 rings (SSSR count). The van der Waals surface area contributed by atoms with Gasteiger partial charge in [0.15, 0.2) is 11.5 Å². The third-order valence-electron chi connectivity index (χ3n) is 5.44. The minimum Gasteiger partial charge on any atom is -0.395 e. The maximum atomic E-state index is 13.3. The lowest BCUT2D eigenvalue weighted by molar-refractivity contribution is -0.286. The molecule has 0 radical (unpaired) electrons. The topological polar surface area (TPSA) is 126 Å². The molecule has 4 aromatic rings. The molecule has 1 aliphatic heterocycles. The number of aryl methyl sites for hydroxylation is 1. The number of nitrogens with zero attached hydrogens (tertiary/aromatic N) is 5. The summed E-state index contributed by atoms with van der Waals surface area (Å²) in [6, 6.07) is 11.1. The monoisotopic (exact) mass is 478 g/mol. The van der Waals surface area contributed by atoms with Crippen molar-refractivity contribution < 1.29 is 23.0 Å². The number of aromatic amines is 1. The van der Waals surface area contributed by atoms with E-state index in [1.165, 1.54) is 36.5 Å². The van der Waals surface area contributed by atoms with Gasteiger partial charge in [-0.25, -0.2) is 9.67 Å². The second-order valence-corrected chi connectivity index (χ2v) is 7.89. The quantitative estimate of drug-likeness (QED) is 0.478. The minimum absolute atomic E-state index is 0.149. The molecule has 176 valence electrons. The summed E-state index contributed by atoms with van der Waals surface area (Å²) < 4.78 is 36.4. The number of hydrogen-bond donors (Lipinski definition) is 1. The highest BCUT2D eigenvalue weighted by Gasteiger charge is 2.43. The Kier molecular flexibility index (Phi) is 4.98. The number of ether oxygens (including phenoxy) is 2. The number of fused-ring (bicyclic) bond motifs is 2.